The molecule has 20 heavy (non-hydrogen) atoms. The fraction of sp³-hybridized carbons (Fsp3) is 0.286. The number of aliphatic hydroxyl groups excluding tert-OH is 1. The van der Waals surface area contributed by atoms with E-state index >= 15 is 0 Å². The molecule has 0 aromatic carbocycles. The third kappa shape index (κ3) is 2.28. The Morgan fingerprint density at radius 2 is 2.20 bits per heavy atom. The van der Waals surface area contributed by atoms with E-state index < -0.39 is 0 Å². The number of hydrogen-bond acceptors (Lipinski definition) is 3. The van der Waals surface area contributed by atoms with E-state index in [1.165, 1.54) is 0 Å². The van der Waals surface area contributed by atoms with Gasteiger partial charge in [0, 0.05) is 24.6 Å². The van der Waals surface area contributed by atoms with Gasteiger partial charge in [0.2, 0.25) is 0 Å². The maximum Gasteiger partial charge on any atom is 0.170 e. The van der Waals surface area contributed by atoms with Crippen molar-refractivity contribution < 1.29 is 5.11 Å². The predicted octanol–water partition coefficient (Wildman–Crippen LogP) is 1.37. The van der Waals surface area contributed by atoms with Gasteiger partial charge in [0.1, 0.15) is 0 Å². The molecule has 5 nitrogen and oxygen atoms in total. The predicted molar refractivity (Wildman–Crippen MR) is 80.0 cm³/mol. The van der Waals surface area contributed by atoms with Crippen molar-refractivity contribution in [3.05, 3.63) is 54.1 Å². The van der Waals surface area contributed by atoms with Crippen molar-refractivity contribution in [3.63, 3.8) is 0 Å². The second-order valence-electron chi connectivity index (χ2n) is 4.67. The third-order valence-electron chi connectivity index (χ3n) is 3.48. The summed E-state index contributed by atoms with van der Waals surface area (Å²) in [6.07, 6.45) is 3.67. The van der Waals surface area contributed by atoms with Gasteiger partial charge in [-0.1, -0.05) is 6.07 Å². The summed E-state index contributed by atoms with van der Waals surface area (Å²) < 4.78 is 0. The Kier molecular flexibility index (Phi) is 3.66. The van der Waals surface area contributed by atoms with Crippen LogP contribution in [0.4, 0.5) is 0 Å². The van der Waals surface area contributed by atoms with E-state index in [1.807, 2.05) is 41.4 Å². The number of hydrogen-bond donors (Lipinski definition) is 3. The van der Waals surface area contributed by atoms with Gasteiger partial charge in [-0.05, 0) is 36.5 Å². The van der Waals surface area contributed by atoms with Crippen molar-refractivity contribution >= 4 is 17.3 Å². The summed E-state index contributed by atoms with van der Waals surface area (Å²) in [5.74, 6) is 0. The zero-order valence-corrected chi connectivity index (χ0v) is 11.7. The molecule has 0 amide bonds. The zero-order chi connectivity index (χ0) is 13.9. The molecule has 3 N–H and O–H groups in total. The van der Waals surface area contributed by atoms with Crippen molar-refractivity contribution in [2.24, 2.45) is 0 Å². The van der Waals surface area contributed by atoms with E-state index in [2.05, 4.69) is 15.3 Å². The van der Waals surface area contributed by atoms with Gasteiger partial charge in [0.25, 0.3) is 0 Å². The lowest BCUT2D eigenvalue weighted by molar-refractivity contribution is 0.221. The van der Waals surface area contributed by atoms with Crippen molar-refractivity contribution in [1.82, 2.24) is 20.2 Å². The smallest absolute Gasteiger partial charge is 0.170 e. The van der Waals surface area contributed by atoms with E-state index in [1.54, 1.807) is 6.20 Å². The number of β-amino-alcohol motifs (C(OH)–C–C–N with tert-alkyl or cyclic N) is 1. The van der Waals surface area contributed by atoms with E-state index in [-0.39, 0.29) is 18.7 Å². The van der Waals surface area contributed by atoms with Gasteiger partial charge in [0.15, 0.2) is 5.11 Å². The number of aliphatic hydroxyl groups is 1. The molecule has 3 rings (SSSR count). The van der Waals surface area contributed by atoms with Gasteiger partial charge in [-0.15, -0.1) is 0 Å². The highest BCUT2D eigenvalue weighted by molar-refractivity contribution is 7.80. The minimum Gasteiger partial charge on any atom is -0.395 e. The third-order valence-corrected chi connectivity index (χ3v) is 3.83. The second kappa shape index (κ2) is 5.60. The highest BCUT2D eigenvalue weighted by atomic mass is 32.1. The molecule has 0 unspecified atom stereocenters. The monoisotopic (exact) mass is 288 g/mol. The van der Waals surface area contributed by atoms with Crippen LogP contribution < -0.4 is 5.32 Å². The van der Waals surface area contributed by atoms with Crippen LogP contribution in [0.1, 0.15) is 23.5 Å². The SMILES string of the molecule is OCCN1C(=S)N[C@H](c2ccccn2)[C@@H]1c1ccc[nH]1. The molecule has 0 spiro atoms. The molecule has 104 valence electrons. The van der Waals surface area contributed by atoms with Gasteiger partial charge >= 0.3 is 0 Å². The minimum atomic E-state index is -0.0195. The first kappa shape index (κ1) is 13.1. The fourth-order valence-electron chi connectivity index (χ4n) is 2.62. The lowest BCUT2D eigenvalue weighted by Crippen LogP contribution is -2.32. The molecule has 2 aromatic heterocycles. The minimum absolute atomic E-state index is 0.0135. The number of rotatable bonds is 4. The van der Waals surface area contributed by atoms with Crippen LogP contribution in [0.2, 0.25) is 0 Å². The molecule has 0 radical (unpaired) electrons. The summed E-state index contributed by atoms with van der Waals surface area (Å²) in [4.78, 5) is 9.66. The first-order chi connectivity index (χ1) is 9.81. The summed E-state index contributed by atoms with van der Waals surface area (Å²) >= 11 is 5.40. The number of H-pyrrole nitrogens is 1. The topological polar surface area (TPSA) is 64.2 Å². The maximum atomic E-state index is 9.26. The molecule has 0 bridgehead atoms. The van der Waals surface area contributed by atoms with E-state index in [0.717, 1.165) is 11.4 Å². The summed E-state index contributed by atoms with van der Waals surface area (Å²) in [7, 11) is 0. The lowest BCUT2D eigenvalue weighted by atomic mass is 10.0. The highest BCUT2D eigenvalue weighted by Crippen LogP contribution is 2.37. The van der Waals surface area contributed by atoms with Crippen molar-refractivity contribution in [2.45, 2.75) is 12.1 Å². The van der Waals surface area contributed by atoms with Crippen molar-refractivity contribution in [2.75, 3.05) is 13.2 Å². The van der Waals surface area contributed by atoms with Crippen LogP contribution in [-0.4, -0.2) is 38.2 Å². The van der Waals surface area contributed by atoms with Crippen LogP contribution in [0.5, 0.6) is 0 Å². The van der Waals surface area contributed by atoms with Gasteiger partial charge in [-0.25, -0.2) is 0 Å². The normalized spacial score (nSPS) is 22.1. The number of nitrogens with one attached hydrogen (secondary N) is 2. The first-order valence-electron chi connectivity index (χ1n) is 6.53. The van der Waals surface area contributed by atoms with Crippen LogP contribution in [-0.2, 0) is 0 Å². The van der Waals surface area contributed by atoms with Gasteiger partial charge in [0.05, 0.1) is 24.4 Å². The molecule has 0 aliphatic carbocycles. The van der Waals surface area contributed by atoms with Gasteiger partial charge in [-0.3, -0.25) is 4.98 Å². The van der Waals surface area contributed by atoms with Crippen molar-refractivity contribution in [3.8, 4) is 0 Å². The maximum absolute atomic E-state index is 9.26. The van der Waals surface area contributed by atoms with E-state index in [4.69, 9.17) is 12.2 Å². The first-order valence-corrected chi connectivity index (χ1v) is 6.94. The van der Waals surface area contributed by atoms with Crippen molar-refractivity contribution in [1.29, 1.82) is 0 Å². The number of aromatic amines is 1. The van der Waals surface area contributed by atoms with E-state index in [0.29, 0.717) is 11.7 Å². The highest BCUT2D eigenvalue weighted by Gasteiger charge is 2.39. The Labute approximate surface area is 122 Å². The molecule has 1 aliphatic heterocycles. The van der Waals surface area contributed by atoms with Crippen LogP contribution in [0.25, 0.3) is 0 Å². The number of nitrogens with zero attached hydrogens (tertiary/aromatic N) is 2. The summed E-state index contributed by atoms with van der Waals surface area (Å²) in [6.45, 7) is 0.562. The molecule has 3 heterocycles. The molecular weight excluding hydrogens is 272 g/mol. The standard InChI is InChI=1S/C14H16N4OS/c19-9-8-18-13(11-5-3-7-16-11)12(17-14(18)20)10-4-1-2-6-15-10/h1-7,12-13,16,19H,8-9H2,(H,17,20)/t12-,13+/m1/s1. The molecule has 6 heteroatoms. The Hall–Kier alpha value is -1.92. The molecule has 1 saturated heterocycles. The molecule has 0 saturated carbocycles. The largest absolute Gasteiger partial charge is 0.395 e. The van der Waals surface area contributed by atoms with Crippen LogP contribution in [0, 0.1) is 0 Å². The Bertz CT molecular complexity index is 572. The fourth-order valence-corrected chi connectivity index (χ4v) is 2.95. The second-order valence-corrected chi connectivity index (χ2v) is 5.06. The molecule has 1 fully saturated rings. The zero-order valence-electron chi connectivity index (χ0n) is 10.9. The van der Waals surface area contributed by atoms with Gasteiger partial charge in [-0.2, -0.15) is 0 Å². The van der Waals surface area contributed by atoms with E-state index in [9.17, 15) is 5.11 Å². The number of thiocarbonyl (C=S) groups is 1. The summed E-state index contributed by atoms with van der Waals surface area (Å²) in [5.41, 5.74) is 2.00. The number of aromatic nitrogens is 2. The lowest BCUT2D eigenvalue weighted by Gasteiger charge is -2.26. The molecule has 2 aromatic rings. The Morgan fingerprint density at radius 1 is 1.30 bits per heavy atom. The quantitative estimate of drug-likeness (QED) is 0.742. The average Bonchev–Trinajstić information content (AvgIpc) is 3.09. The number of pyridine rings is 1. The molecule has 2 atom stereocenters. The van der Waals surface area contributed by atoms with Crippen LogP contribution in [0.15, 0.2) is 42.7 Å². The van der Waals surface area contributed by atoms with Crippen LogP contribution in [0.3, 0.4) is 0 Å². The van der Waals surface area contributed by atoms with Crippen LogP contribution >= 0.6 is 12.2 Å². The van der Waals surface area contributed by atoms with Gasteiger partial charge < -0.3 is 20.3 Å². The molecule has 1 aliphatic rings. The summed E-state index contributed by atoms with van der Waals surface area (Å²) in [6, 6.07) is 9.83. The Balaban J connectivity index is 1.99. The summed E-state index contributed by atoms with van der Waals surface area (Å²) in [5, 5.41) is 13.2. The Morgan fingerprint density at radius 3 is 2.85 bits per heavy atom. The molecular formula is C14H16N4OS. The average molecular weight is 288 g/mol.